The molecule has 1 N–H and O–H groups in total. The molecule has 0 atom stereocenters. The molecule has 1 aliphatic rings. The van der Waals surface area contributed by atoms with Crippen molar-refractivity contribution < 1.29 is 12.9 Å². The molecule has 0 amide bonds. The number of hydrogen-bond acceptors (Lipinski definition) is 7. The van der Waals surface area contributed by atoms with Crippen LogP contribution in [-0.4, -0.2) is 66.9 Å². The summed E-state index contributed by atoms with van der Waals surface area (Å²) >= 11 is 1.67. The highest BCUT2D eigenvalue weighted by molar-refractivity contribution is 7.88. The third kappa shape index (κ3) is 5.55. The van der Waals surface area contributed by atoms with Crippen LogP contribution in [0.4, 0.5) is 0 Å². The fraction of sp³-hybridized carbons (Fsp3) is 0.611. The maximum atomic E-state index is 12.6. The summed E-state index contributed by atoms with van der Waals surface area (Å²) in [6, 6.07) is 1.57. The number of thiazole rings is 1. The molecule has 2 aromatic rings. The topological polar surface area (TPSA) is 104 Å². The number of nitrogens with zero attached hydrogens (tertiary/aromatic N) is 5. The van der Waals surface area contributed by atoms with Gasteiger partial charge in [-0.1, -0.05) is 25.9 Å². The van der Waals surface area contributed by atoms with Gasteiger partial charge in [0, 0.05) is 50.1 Å². The fourth-order valence-corrected chi connectivity index (χ4v) is 5.33. The summed E-state index contributed by atoms with van der Waals surface area (Å²) in [5.41, 5.74) is 1.44. The summed E-state index contributed by atoms with van der Waals surface area (Å²) in [5, 5.41) is 10.2. The number of rotatable bonds is 5. The molecule has 1 fully saturated rings. The molecule has 0 aliphatic carbocycles. The second-order valence-electron chi connectivity index (χ2n) is 7.93. The van der Waals surface area contributed by atoms with E-state index in [1.165, 1.54) is 10.6 Å². The van der Waals surface area contributed by atoms with Crippen molar-refractivity contribution >= 4 is 27.3 Å². The van der Waals surface area contributed by atoms with Gasteiger partial charge in [0.1, 0.15) is 12.0 Å². The minimum Gasteiger partial charge on any atom is -0.364 e. The van der Waals surface area contributed by atoms with Crippen molar-refractivity contribution in [3.8, 4) is 0 Å². The molecule has 0 bridgehead atoms. The van der Waals surface area contributed by atoms with Gasteiger partial charge in [0.25, 0.3) is 0 Å². The van der Waals surface area contributed by atoms with Gasteiger partial charge in [0.05, 0.1) is 22.9 Å². The fourth-order valence-electron chi connectivity index (χ4n) is 3.00. The van der Waals surface area contributed by atoms with Crippen LogP contribution >= 0.6 is 11.3 Å². The van der Waals surface area contributed by atoms with Gasteiger partial charge in [0.2, 0.25) is 10.0 Å². The van der Waals surface area contributed by atoms with E-state index in [0.29, 0.717) is 38.4 Å². The van der Waals surface area contributed by atoms with Crippen LogP contribution in [0.5, 0.6) is 0 Å². The lowest BCUT2D eigenvalue weighted by molar-refractivity contribution is 0.259. The molecular formula is C18H28N6O3S2. The molecule has 9 nitrogen and oxygen atoms in total. The molecule has 2 aromatic heterocycles. The zero-order valence-electron chi connectivity index (χ0n) is 17.3. The average molecular weight is 441 g/mol. The van der Waals surface area contributed by atoms with Gasteiger partial charge < -0.3 is 14.7 Å². The Labute approximate surface area is 175 Å². The summed E-state index contributed by atoms with van der Waals surface area (Å²) in [6.07, 6.45) is 1.38. The Morgan fingerprint density at radius 1 is 1.28 bits per heavy atom. The number of piperazine rings is 1. The largest absolute Gasteiger partial charge is 0.364 e. The van der Waals surface area contributed by atoms with E-state index in [1.54, 1.807) is 24.5 Å². The van der Waals surface area contributed by atoms with E-state index in [1.807, 2.05) is 0 Å². The van der Waals surface area contributed by atoms with E-state index < -0.39 is 10.0 Å². The first kappa shape index (κ1) is 21.7. The van der Waals surface area contributed by atoms with E-state index in [0.717, 1.165) is 16.7 Å². The summed E-state index contributed by atoms with van der Waals surface area (Å²) in [7, 11) is -1.68. The van der Waals surface area contributed by atoms with E-state index in [-0.39, 0.29) is 11.2 Å². The lowest BCUT2D eigenvalue weighted by Crippen LogP contribution is -2.53. The molecule has 0 unspecified atom stereocenters. The van der Waals surface area contributed by atoms with E-state index >= 15 is 0 Å². The lowest BCUT2D eigenvalue weighted by Gasteiger charge is -2.35. The van der Waals surface area contributed by atoms with Gasteiger partial charge in [-0.15, -0.1) is 11.3 Å². The van der Waals surface area contributed by atoms with Gasteiger partial charge in [-0.3, -0.25) is 4.99 Å². The highest BCUT2D eigenvalue weighted by Gasteiger charge is 2.29. The molecule has 3 rings (SSSR count). The van der Waals surface area contributed by atoms with Gasteiger partial charge >= 0.3 is 0 Å². The van der Waals surface area contributed by atoms with Gasteiger partial charge in [-0.05, 0) is 0 Å². The van der Waals surface area contributed by atoms with Crippen LogP contribution in [-0.2, 0) is 27.7 Å². The van der Waals surface area contributed by atoms with Crippen LogP contribution in [0.3, 0.4) is 0 Å². The first-order chi connectivity index (χ1) is 13.7. The number of aromatic nitrogens is 2. The maximum absolute atomic E-state index is 12.6. The number of nitrogens with one attached hydrogen (secondary N) is 1. The lowest BCUT2D eigenvalue weighted by atomic mass is 9.98. The second-order valence-corrected chi connectivity index (χ2v) is 10.8. The Bertz CT molecular complexity index is 923. The predicted molar refractivity (Wildman–Crippen MR) is 113 cm³/mol. The van der Waals surface area contributed by atoms with Crippen LogP contribution in [0, 0.1) is 0 Å². The highest BCUT2D eigenvalue weighted by atomic mass is 32.2. The molecule has 0 radical (unpaired) electrons. The summed E-state index contributed by atoms with van der Waals surface area (Å²) in [5.74, 6) is 0.611. The van der Waals surface area contributed by atoms with Crippen molar-refractivity contribution in [2.45, 2.75) is 38.5 Å². The molecule has 0 saturated carbocycles. The van der Waals surface area contributed by atoms with Gasteiger partial charge in [-0.2, -0.15) is 4.31 Å². The average Bonchev–Trinajstić information content (AvgIpc) is 3.34. The molecule has 0 spiro atoms. The molecule has 3 heterocycles. The zero-order chi connectivity index (χ0) is 21.1. The van der Waals surface area contributed by atoms with Crippen LogP contribution in [0.25, 0.3) is 0 Å². The molecule has 29 heavy (non-hydrogen) atoms. The number of hydrogen-bond donors (Lipinski definition) is 1. The first-order valence-electron chi connectivity index (χ1n) is 9.46. The predicted octanol–water partition coefficient (Wildman–Crippen LogP) is 1.65. The monoisotopic (exact) mass is 440 g/mol. The van der Waals surface area contributed by atoms with Crippen LogP contribution in [0.2, 0.25) is 0 Å². The molecule has 1 aliphatic heterocycles. The van der Waals surface area contributed by atoms with Crippen LogP contribution < -0.4 is 5.32 Å². The van der Waals surface area contributed by atoms with Crippen LogP contribution in [0.15, 0.2) is 27.2 Å². The zero-order valence-corrected chi connectivity index (χ0v) is 18.9. The van der Waals surface area contributed by atoms with Crippen LogP contribution in [0.1, 0.15) is 37.2 Å². The minimum atomic E-state index is -3.41. The van der Waals surface area contributed by atoms with Crippen molar-refractivity contribution in [2.75, 3.05) is 33.2 Å². The van der Waals surface area contributed by atoms with Crippen molar-refractivity contribution in [1.82, 2.24) is 24.7 Å². The number of sulfonamides is 1. The van der Waals surface area contributed by atoms with Gasteiger partial charge in [-0.25, -0.2) is 13.4 Å². The second kappa shape index (κ2) is 8.80. The van der Waals surface area contributed by atoms with E-state index in [4.69, 9.17) is 9.51 Å². The third-order valence-electron chi connectivity index (χ3n) is 4.59. The van der Waals surface area contributed by atoms with Crippen molar-refractivity contribution in [3.05, 3.63) is 34.1 Å². The van der Waals surface area contributed by atoms with Crippen molar-refractivity contribution in [1.29, 1.82) is 0 Å². The smallest absolute Gasteiger partial charge is 0.220 e. The van der Waals surface area contributed by atoms with E-state index in [9.17, 15) is 8.42 Å². The van der Waals surface area contributed by atoms with Crippen molar-refractivity contribution in [2.24, 2.45) is 4.99 Å². The Morgan fingerprint density at radius 2 is 2.00 bits per heavy atom. The molecule has 11 heteroatoms. The molecular weight excluding hydrogens is 412 g/mol. The molecule has 1 saturated heterocycles. The minimum absolute atomic E-state index is 0.0401. The SMILES string of the molecule is CN=C(NCc1csc(C(C)(C)C)n1)N1CCN(S(=O)(=O)Cc2ccon2)CC1. The Morgan fingerprint density at radius 3 is 2.55 bits per heavy atom. The Kier molecular flexibility index (Phi) is 6.59. The molecule has 160 valence electrons. The summed E-state index contributed by atoms with van der Waals surface area (Å²) in [6.45, 7) is 9.00. The first-order valence-corrected chi connectivity index (χ1v) is 12.0. The Balaban J connectivity index is 1.53. The van der Waals surface area contributed by atoms with E-state index in [2.05, 4.69) is 46.5 Å². The quantitative estimate of drug-likeness (QED) is 0.557. The third-order valence-corrected chi connectivity index (χ3v) is 7.72. The number of guanidine groups is 1. The number of aliphatic imine (C=N–C) groups is 1. The van der Waals surface area contributed by atoms with Gasteiger partial charge in [0.15, 0.2) is 5.96 Å². The standard InChI is InChI=1S/C18H28N6O3S2/c1-18(2,3)16-21-15(12-28-16)11-20-17(19-4)23-6-8-24(9-7-23)29(25,26)13-14-5-10-27-22-14/h5,10,12H,6-9,11,13H2,1-4H3,(H,19,20). The summed E-state index contributed by atoms with van der Waals surface area (Å²) < 4.78 is 31.4. The normalized spacial score (nSPS) is 17.0. The van der Waals surface area contributed by atoms with Crippen molar-refractivity contribution in [3.63, 3.8) is 0 Å². The highest BCUT2D eigenvalue weighted by Crippen LogP contribution is 2.25. The maximum Gasteiger partial charge on any atom is 0.220 e. The molecule has 0 aromatic carbocycles. The summed E-state index contributed by atoms with van der Waals surface area (Å²) in [4.78, 5) is 11.1. The Hall–Kier alpha value is -1.98.